The lowest BCUT2D eigenvalue weighted by Gasteiger charge is -2.18. The summed E-state index contributed by atoms with van der Waals surface area (Å²) in [6.07, 6.45) is 0.738. The number of nitrogens with one attached hydrogen (secondary N) is 1. The number of ether oxygens (including phenoxy) is 1. The van der Waals surface area contributed by atoms with Gasteiger partial charge in [-0.1, -0.05) is 12.1 Å². The Morgan fingerprint density at radius 1 is 1.33 bits per heavy atom. The van der Waals surface area contributed by atoms with Gasteiger partial charge in [-0.3, -0.25) is 0 Å². The Kier molecular flexibility index (Phi) is 5.81. The van der Waals surface area contributed by atoms with Crippen LogP contribution in [0.1, 0.15) is 13.3 Å². The second-order valence-corrected chi connectivity index (χ2v) is 4.98. The molecule has 1 unspecified atom stereocenters. The van der Waals surface area contributed by atoms with Gasteiger partial charge in [0.2, 0.25) is 0 Å². The summed E-state index contributed by atoms with van der Waals surface area (Å²) in [7, 11) is 1.60. The van der Waals surface area contributed by atoms with Crippen molar-refractivity contribution < 1.29 is 17.9 Å². The Bertz CT molecular complexity index is 371. The lowest BCUT2D eigenvalue weighted by Crippen LogP contribution is -2.17. The van der Waals surface area contributed by atoms with E-state index in [0.29, 0.717) is 12.3 Å². The monoisotopic (exact) mass is 279 g/mol. The Morgan fingerprint density at radius 2 is 2.00 bits per heavy atom. The molecule has 2 nitrogen and oxygen atoms in total. The van der Waals surface area contributed by atoms with Crippen molar-refractivity contribution in [2.24, 2.45) is 0 Å². The van der Waals surface area contributed by atoms with Gasteiger partial charge in [-0.15, -0.1) is 0 Å². The first-order valence-corrected chi connectivity index (χ1v) is 6.34. The van der Waals surface area contributed by atoms with Crippen molar-refractivity contribution in [3.8, 4) is 0 Å². The highest BCUT2D eigenvalue weighted by Gasteiger charge is 2.30. The maximum Gasteiger partial charge on any atom is 0.446 e. The van der Waals surface area contributed by atoms with Crippen LogP contribution in [0.25, 0.3) is 0 Å². The molecule has 0 radical (unpaired) electrons. The third kappa shape index (κ3) is 5.64. The van der Waals surface area contributed by atoms with Crippen LogP contribution in [0.15, 0.2) is 29.2 Å². The molecule has 0 aliphatic carbocycles. The van der Waals surface area contributed by atoms with Gasteiger partial charge < -0.3 is 10.1 Å². The van der Waals surface area contributed by atoms with Gasteiger partial charge in [0.1, 0.15) is 0 Å². The van der Waals surface area contributed by atoms with Crippen molar-refractivity contribution in [1.29, 1.82) is 0 Å². The molecule has 1 atom stereocenters. The smallest absolute Gasteiger partial charge is 0.385 e. The lowest BCUT2D eigenvalue weighted by atomic mass is 10.2. The Hall–Kier alpha value is -0.880. The molecular formula is C12H16F3NOS. The highest BCUT2D eigenvalue weighted by molar-refractivity contribution is 8.00. The molecule has 18 heavy (non-hydrogen) atoms. The Balaban J connectivity index is 2.70. The van der Waals surface area contributed by atoms with E-state index in [1.807, 2.05) is 6.92 Å². The van der Waals surface area contributed by atoms with E-state index in [-0.39, 0.29) is 22.7 Å². The van der Waals surface area contributed by atoms with Crippen LogP contribution in [-0.4, -0.2) is 25.3 Å². The van der Waals surface area contributed by atoms with Gasteiger partial charge in [-0.2, -0.15) is 13.2 Å². The first kappa shape index (κ1) is 15.2. The number of hydrogen-bond donors (Lipinski definition) is 1. The summed E-state index contributed by atoms with van der Waals surface area (Å²) in [5.74, 6) is 0. The number of methoxy groups -OCH3 is 1. The van der Waals surface area contributed by atoms with Gasteiger partial charge in [0.15, 0.2) is 0 Å². The van der Waals surface area contributed by atoms with E-state index in [0.717, 1.165) is 6.42 Å². The fourth-order valence-electron chi connectivity index (χ4n) is 1.43. The van der Waals surface area contributed by atoms with Gasteiger partial charge in [0.05, 0.1) is 0 Å². The van der Waals surface area contributed by atoms with Crippen LogP contribution in [0.2, 0.25) is 0 Å². The largest absolute Gasteiger partial charge is 0.446 e. The molecule has 0 amide bonds. The van der Waals surface area contributed by atoms with Crippen LogP contribution < -0.4 is 5.32 Å². The predicted octanol–water partition coefficient (Wildman–Crippen LogP) is 4.14. The fraction of sp³-hybridized carbons (Fsp3) is 0.500. The predicted molar refractivity (Wildman–Crippen MR) is 67.9 cm³/mol. The van der Waals surface area contributed by atoms with E-state index in [1.54, 1.807) is 25.3 Å². The molecule has 0 saturated carbocycles. The van der Waals surface area contributed by atoms with Crippen LogP contribution in [0, 0.1) is 0 Å². The molecule has 0 aliphatic rings. The van der Waals surface area contributed by atoms with E-state index < -0.39 is 5.51 Å². The number of rotatable bonds is 6. The minimum atomic E-state index is -4.27. The topological polar surface area (TPSA) is 21.3 Å². The van der Waals surface area contributed by atoms with Crippen molar-refractivity contribution in [2.45, 2.75) is 29.8 Å². The molecule has 0 aromatic heterocycles. The van der Waals surface area contributed by atoms with Gasteiger partial charge in [-0.05, 0) is 37.2 Å². The van der Waals surface area contributed by atoms with Crippen LogP contribution in [0.4, 0.5) is 18.9 Å². The molecule has 0 heterocycles. The second-order valence-electron chi connectivity index (χ2n) is 3.87. The van der Waals surface area contributed by atoms with E-state index in [1.165, 1.54) is 6.07 Å². The number of anilines is 1. The van der Waals surface area contributed by atoms with Crippen molar-refractivity contribution in [1.82, 2.24) is 0 Å². The van der Waals surface area contributed by atoms with Crippen molar-refractivity contribution in [2.75, 3.05) is 19.0 Å². The number of halogens is 3. The lowest BCUT2D eigenvalue weighted by molar-refractivity contribution is -0.0327. The normalized spacial score (nSPS) is 13.4. The van der Waals surface area contributed by atoms with Gasteiger partial charge >= 0.3 is 5.51 Å². The molecular weight excluding hydrogens is 263 g/mol. The summed E-state index contributed by atoms with van der Waals surface area (Å²) >= 11 is -0.101. The van der Waals surface area contributed by atoms with Crippen molar-refractivity contribution in [3.63, 3.8) is 0 Å². The van der Waals surface area contributed by atoms with Gasteiger partial charge in [0.25, 0.3) is 0 Å². The molecule has 1 aromatic rings. The second kappa shape index (κ2) is 6.89. The van der Waals surface area contributed by atoms with Crippen LogP contribution >= 0.6 is 11.8 Å². The summed E-state index contributed by atoms with van der Waals surface area (Å²) in [4.78, 5) is 0.189. The van der Waals surface area contributed by atoms with Crippen LogP contribution in [-0.2, 0) is 4.74 Å². The van der Waals surface area contributed by atoms with E-state index in [4.69, 9.17) is 4.74 Å². The van der Waals surface area contributed by atoms with Crippen LogP contribution in [0.5, 0.6) is 0 Å². The van der Waals surface area contributed by atoms with E-state index in [9.17, 15) is 13.2 Å². The first-order chi connectivity index (χ1) is 8.42. The standard InChI is InChI=1S/C12H16F3NOS/c1-9(7-8-17-2)16-10-5-3-4-6-11(10)18-12(13,14)15/h3-6,9,16H,7-8H2,1-2H3. The molecule has 0 aliphatic heterocycles. The first-order valence-electron chi connectivity index (χ1n) is 5.52. The van der Waals surface area contributed by atoms with Crippen LogP contribution in [0.3, 0.4) is 0 Å². The highest BCUT2D eigenvalue weighted by Crippen LogP contribution is 2.40. The summed E-state index contributed by atoms with van der Waals surface area (Å²) in [6, 6.07) is 6.48. The zero-order valence-electron chi connectivity index (χ0n) is 10.3. The molecule has 1 N–H and O–H groups in total. The zero-order valence-corrected chi connectivity index (χ0v) is 11.1. The minimum absolute atomic E-state index is 0.0555. The molecule has 1 aromatic carbocycles. The van der Waals surface area contributed by atoms with E-state index in [2.05, 4.69) is 5.32 Å². The third-order valence-corrected chi connectivity index (χ3v) is 3.08. The molecule has 6 heteroatoms. The molecule has 0 spiro atoms. The average Bonchev–Trinajstić information content (AvgIpc) is 2.27. The average molecular weight is 279 g/mol. The molecule has 0 bridgehead atoms. The number of hydrogen-bond acceptors (Lipinski definition) is 3. The maximum absolute atomic E-state index is 12.4. The summed E-state index contributed by atoms with van der Waals surface area (Å²) < 4.78 is 42.1. The quantitative estimate of drug-likeness (QED) is 0.791. The third-order valence-electron chi connectivity index (χ3n) is 2.27. The zero-order chi connectivity index (χ0) is 13.6. The number of para-hydroxylation sites is 1. The van der Waals surface area contributed by atoms with E-state index >= 15 is 0 Å². The summed E-state index contributed by atoms with van der Waals surface area (Å²) in [5, 5.41) is 3.07. The maximum atomic E-state index is 12.4. The van der Waals surface area contributed by atoms with Gasteiger partial charge in [0, 0.05) is 30.3 Å². The Labute approximate surface area is 109 Å². The summed E-state index contributed by atoms with van der Waals surface area (Å²) in [5.41, 5.74) is -3.77. The van der Waals surface area contributed by atoms with Crippen molar-refractivity contribution >= 4 is 17.4 Å². The molecule has 102 valence electrons. The number of alkyl halides is 3. The van der Waals surface area contributed by atoms with Gasteiger partial charge in [-0.25, -0.2) is 0 Å². The summed E-state index contributed by atoms with van der Waals surface area (Å²) in [6.45, 7) is 2.48. The number of thioether (sulfide) groups is 1. The minimum Gasteiger partial charge on any atom is -0.385 e. The molecule has 1 rings (SSSR count). The SMILES string of the molecule is COCCC(C)Nc1ccccc1SC(F)(F)F. The number of benzene rings is 1. The molecule has 0 fully saturated rings. The fourth-order valence-corrected chi connectivity index (χ4v) is 2.06. The highest BCUT2D eigenvalue weighted by atomic mass is 32.2. The Morgan fingerprint density at radius 3 is 2.61 bits per heavy atom. The van der Waals surface area contributed by atoms with Crippen molar-refractivity contribution in [3.05, 3.63) is 24.3 Å². The molecule has 0 saturated heterocycles.